The average molecular weight is 221 g/mol. The van der Waals surface area contributed by atoms with Gasteiger partial charge in [0.25, 0.3) is 0 Å². The molecule has 0 radical (unpaired) electrons. The van der Waals surface area contributed by atoms with E-state index in [1.807, 2.05) is 36.6 Å². The largest absolute Gasteiger partial charge is 0.367 e. The van der Waals surface area contributed by atoms with Crippen molar-refractivity contribution >= 4 is 28.5 Å². The molecule has 15 heavy (non-hydrogen) atoms. The Morgan fingerprint density at radius 1 is 1.27 bits per heavy atom. The summed E-state index contributed by atoms with van der Waals surface area (Å²) in [6.45, 7) is 0. The molecule has 0 bridgehead atoms. The van der Waals surface area contributed by atoms with E-state index in [0.717, 1.165) is 5.69 Å². The molecule has 0 aromatic heterocycles. The van der Waals surface area contributed by atoms with Crippen LogP contribution in [-0.2, 0) is 10.9 Å². The molecule has 1 aromatic carbocycles. The van der Waals surface area contributed by atoms with Crippen LogP contribution in [0.15, 0.2) is 44.1 Å². The summed E-state index contributed by atoms with van der Waals surface area (Å²) < 4.78 is 8.23. The van der Waals surface area contributed by atoms with Gasteiger partial charge in [0.15, 0.2) is 0 Å². The number of nitrogens with zero attached hydrogens (tertiary/aromatic N) is 3. The van der Waals surface area contributed by atoms with Crippen LogP contribution in [-0.4, -0.2) is 18.2 Å². The Balaban J connectivity index is 2.18. The topological polar surface area (TPSA) is 75.1 Å². The average Bonchev–Trinajstić information content (AvgIpc) is 2.17. The van der Waals surface area contributed by atoms with Crippen LogP contribution in [0.1, 0.15) is 0 Å². The maximum Gasteiger partial charge on any atom is 0.238 e. The van der Waals surface area contributed by atoms with E-state index in [2.05, 4.69) is 19.1 Å². The standard InChI is InChI=1S/C9H11N5S/c1-15-13-8(10)12-9(14-15)11-7-5-3-2-4-6-7/h2-6H,1H3,(H3,10,11,12,13,14). The number of nitrogens with two attached hydrogens (primary N) is 1. The Kier molecular flexibility index (Phi) is 2.77. The van der Waals surface area contributed by atoms with Crippen molar-refractivity contribution < 1.29 is 0 Å². The van der Waals surface area contributed by atoms with Crippen molar-refractivity contribution in [2.75, 3.05) is 11.6 Å². The van der Waals surface area contributed by atoms with Gasteiger partial charge >= 0.3 is 0 Å². The smallest absolute Gasteiger partial charge is 0.238 e. The minimum absolute atomic E-state index is 0.272. The van der Waals surface area contributed by atoms with E-state index < -0.39 is 10.9 Å². The summed E-state index contributed by atoms with van der Waals surface area (Å²) in [4.78, 5) is 4.00. The zero-order chi connectivity index (χ0) is 10.7. The highest BCUT2D eigenvalue weighted by Gasteiger charge is 2.04. The lowest BCUT2D eigenvalue weighted by Gasteiger charge is -2.08. The van der Waals surface area contributed by atoms with E-state index in [0.29, 0.717) is 5.96 Å². The van der Waals surface area contributed by atoms with Crippen molar-refractivity contribution in [3.63, 3.8) is 0 Å². The molecule has 1 aromatic rings. The number of guanidine groups is 2. The van der Waals surface area contributed by atoms with E-state index in [9.17, 15) is 0 Å². The fourth-order valence-electron chi connectivity index (χ4n) is 1.13. The van der Waals surface area contributed by atoms with Gasteiger partial charge in [0, 0.05) is 22.8 Å². The second-order valence-corrected chi connectivity index (χ2v) is 4.17. The third kappa shape index (κ3) is 2.63. The first-order chi connectivity index (χ1) is 7.24. The SMILES string of the molecule is CS1=NC(Nc2ccccc2)=NC(N)=N1. The highest BCUT2D eigenvalue weighted by Crippen LogP contribution is 2.07. The Labute approximate surface area is 90.4 Å². The zero-order valence-electron chi connectivity index (χ0n) is 8.21. The maximum absolute atomic E-state index is 5.54. The molecule has 0 saturated carbocycles. The van der Waals surface area contributed by atoms with Gasteiger partial charge in [-0.1, -0.05) is 18.2 Å². The van der Waals surface area contributed by atoms with Gasteiger partial charge in [-0.15, -0.1) is 0 Å². The number of rotatable bonds is 1. The van der Waals surface area contributed by atoms with Crippen LogP contribution in [0.3, 0.4) is 0 Å². The summed E-state index contributed by atoms with van der Waals surface area (Å²) >= 11 is 0. The molecule has 1 heterocycles. The summed E-state index contributed by atoms with van der Waals surface area (Å²) in [6, 6.07) is 9.70. The summed E-state index contributed by atoms with van der Waals surface area (Å²) in [5.74, 6) is 0.786. The van der Waals surface area contributed by atoms with Crippen molar-refractivity contribution in [3.05, 3.63) is 30.3 Å². The number of aliphatic imine (C=N–C) groups is 1. The highest BCUT2D eigenvalue weighted by atomic mass is 32.2. The van der Waals surface area contributed by atoms with Crippen LogP contribution >= 0.6 is 0 Å². The quantitative estimate of drug-likeness (QED) is 0.746. The fourth-order valence-corrected chi connectivity index (χ4v) is 1.82. The summed E-state index contributed by atoms with van der Waals surface area (Å²) in [5, 5.41) is 3.07. The number of para-hydroxylation sites is 1. The van der Waals surface area contributed by atoms with E-state index in [-0.39, 0.29) is 5.96 Å². The molecule has 2 rings (SSSR count). The molecular weight excluding hydrogens is 210 g/mol. The Hall–Kier alpha value is -1.69. The minimum Gasteiger partial charge on any atom is -0.367 e. The minimum atomic E-state index is -0.429. The Bertz CT molecular complexity index is 446. The predicted molar refractivity (Wildman–Crippen MR) is 64.8 cm³/mol. The number of hydrogen-bond acceptors (Lipinski definition) is 5. The van der Waals surface area contributed by atoms with Gasteiger partial charge in [-0.2, -0.15) is 13.8 Å². The molecule has 5 nitrogen and oxygen atoms in total. The van der Waals surface area contributed by atoms with Gasteiger partial charge < -0.3 is 11.1 Å². The molecule has 0 fully saturated rings. The molecule has 78 valence electrons. The predicted octanol–water partition coefficient (Wildman–Crippen LogP) is 1.13. The van der Waals surface area contributed by atoms with Gasteiger partial charge in [-0.3, -0.25) is 0 Å². The van der Waals surface area contributed by atoms with Crippen molar-refractivity contribution in [2.45, 2.75) is 0 Å². The molecule has 6 heteroatoms. The highest BCUT2D eigenvalue weighted by molar-refractivity contribution is 7.85. The van der Waals surface area contributed by atoms with E-state index in [1.54, 1.807) is 0 Å². The van der Waals surface area contributed by atoms with Crippen molar-refractivity contribution in [3.8, 4) is 0 Å². The van der Waals surface area contributed by atoms with Crippen LogP contribution in [0.2, 0.25) is 0 Å². The first kappa shape index (κ1) is 9.85. The van der Waals surface area contributed by atoms with E-state index >= 15 is 0 Å². The first-order valence-corrected chi connectivity index (χ1v) is 5.91. The summed E-state index contributed by atoms with van der Waals surface area (Å²) in [7, 11) is -0.429. The third-order valence-electron chi connectivity index (χ3n) is 1.69. The number of nitrogens with one attached hydrogen (secondary N) is 1. The second kappa shape index (κ2) is 4.22. The van der Waals surface area contributed by atoms with Crippen molar-refractivity contribution in [2.24, 2.45) is 19.5 Å². The molecule has 1 aliphatic heterocycles. The van der Waals surface area contributed by atoms with E-state index in [4.69, 9.17) is 5.73 Å². The Morgan fingerprint density at radius 2 is 2.00 bits per heavy atom. The monoisotopic (exact) mass is 221 g/mol. The molecule has 1 aliphatic rings. The molecule has 3 N–H and O–H groups in total. The van der Waals surface area contributed by atoms with Crippen LogP contribution in [0.4, 0.5) is 5.69 Å². The number of benzene rings is 1. The van der Waals surface area contributed by atoms with Crippen LogP contribution in [0.5, 0.6) is 0 Å². The van der Waals surface area contributed by atoms with Gasteiger partial charge in [0.1, 0.15) is 0 Å². The molecule has 0 aliphatic carbocycles. The van der Waals surface area contributed by atoms with Crippen molar-refractivity contribution in [1.29, 1.82) is 0 Å². The molecule has 0 amide bonds. The molecule has 1 unspecified atom stereocenters. The van der Waals surface area contributed by atoms with Gasteiger partial charge in [0.05, 0.1) is 0 Å². The lowest BCUT2D eigenvalue weighted by atomic mass is 10.3. The van der Waals surface area contributed by atoms with Crippen molar-refractivity contribution in [1.82, 2.24) is 0 Å². The third-order valence-corrected chi connectivity index (χ3v) is 2.58. The second-order valence-electron chi connectivity index (χ2n) is 2.91. The lowest BCUT2D eigenvalue weighted by molar-refractivity contribution is 1.43. The summed E-state index contributed by atoms with van der Waals surface area (Å²) in [6.07, 6.45) is 1.88. The van der Waals surface area contributed by atoms with Gasteiger partial charge in [0.2, 0.25) is 11.9 Å². The maximum atomic E-state index is 5.54. The Morgan fingerprint density at radius 3 is 2.67 bits per heavy atom. The van der Waals surface area contributed by atoms with Crippen LogP contribution in [0, 0.1) is 0 Å². The number of anilines is 1. The summed E-state index contributed by atoms with van der Waals surface area (Å²) in [5.41, 5.74) is 6.48. The molecule has 0 spiro atoms. The molecule has 0 saturated heterocycles. The van der Waals surface area contributed by atoms with E-state index in [1.165, 1.54) is 0 Å². The van der Waals surface area contributed by atoms with Gasteiger partial charge in [-0.05, 0) is 12.1 Å². The molecule has 1 atom stereocenters. The molecular formula is C9H11N5S. The zero-order valence-corrected chi connectivity index (χ0v) is 9.03. The van der Waals surface area contributed by atoms with Crippen LogP contribution < -0.4 is 11.1 Å². The normalized spacial score (nSPS) is 19.9. The first-order valence-electron chi connectivity index (χ1n) is 4.37. The lowest BCUT2D eigenvalue weighted by Crippen LogP contribution is -2.21. The number of hydrogen-bond donors (Lipinski definition) is 2. The van der Waals surface area contributed by atoms with Crippen LogP contribution in [0.25, 0.3) is 0 Å². The fraction of sp³-hybridized carbons (Fsp3) is 0.111. The van der Waals surface area contributed by atoms with Gasteiger partial charge in [-0.25, -0.2) is 0 Å².